The Morgan fingerprint density at radius 2 is 1.90 bits per heavy atom. The number of allylic oxidation sites excluding steroid dienone is 1. The van der Waals surface area contributed by atoms with E-state index in [1.54, 1.807) is 0 Å². The summed E-state index contributed by atoms with van der Waals surface area (Å²) in [7, 11) is 0. The summed E-state index contributed by atoms with van der Waals surface area (Å²) in [5, 5.41) is 11.4. The monoisotopic (exact) mass is 637 g/mol. The molecule has 0 saturated carbocycles. The molecule has 1 aliphatic rings. The molecular weight excluding hydrogens is 622 g/mol. The second kappa shape index (κ2) is 11.2. The number of hydrogen-bond acceptors (Lipinski definition) is 8. The van der Waals surface area contributed by atoms with Gasteiger partial charge in [0.05, 0.1) is 32.7 Å². The molecule has 3 heterocycles. The van der Waals surface area contributed by atoms with Gasteiger partial charge in [0.15, 0.2) is 10.5 Å². The molecule has 9 nitrogen and oxygen atoms in total. The lowest BCUT2D eigenvalue weighted by molar-refractivity contribution is -0.384. The second-order valence-electron chi connectivity index (χ2n) is 8.74. The van der Waals surface area contributed by atoms with Crippen LogP contribution in [0.3, 0.4) is 0 Å². The number of benzene rings is 2. The van der Waals surface area contributed by atoms with E-state index in [1.165, 1.54) is 61.5 Å². The molecule has 5 rings (SSSR count). The summed E-state index contributed by atoms with van der Waals surface area (Å²) in [5.41, 5.74) is -2.72. The number of ether oxygens (including phenoxy) is 1. The normalized spacial score (nSPS) is 15.4. The van der Waals surface area contributed by atoms with Gasteiger partial charge in [-0.25, -0.2) is 9.79 Å². The molecule has 0 spiro atoms. The number of nitro groups is 1. The molecule has 0 N–H and O–H groups in total. The fourth-order valence-corrected chi connectivity index (χ4v) is 5.70. The standard InChI is InChI=1S/C27H16Cl2F3N3O6S/c1-2-40-25(37)21-22(13-3-5-14(28)6-4-13)34-24(36)20(42-26(34)33-23(21)27(30,31)32)12-16-8-10-19(41-16)17-9-7-15(35(38)39)11-18(17)29/h3-12,22H,2H2,1H3/b20-12-/t22-/m1/s1. The molecule has 0 saturated heterocycles. The Balaban J connectivity index is 1.67. The van der Waals surface area contributed by atoms with Crippen LogP contribution in [0.25, 0.3) is 17.4 Å². The quantitative estimate of drug-likeness (QED) is 0.149. The van der Waals surface area contributed by atoms with Crippen molar-refractivity contribution >= 4 is 52.3 Å². The van der Waals surface area contributed by atoms with Crippen LogP contribution < -0.4 is 14.9 Å². The minimum Gasteiger partial charge on any atom is -0.463 e. The summed E-state index contributed by atoms with van der Waals surface area (Å²) in [4.78, 5) is 40.4. The molecule has 15 heteroatoms. The number of carbonyl (C=O) groups excluding carboxylic acids is 1. The van der Waals surface area contributed by atoms with Crippen LogP contribution in [-0.2, 0) is 9.53 Å². The molecule has 4 aromatic rings. The van der Waals surface area contributed by atoms with Crippen molar-refractivity contribution in [2.45, 2.75) is 19.1 Å². The van der Waals surface area contributed by atoms with E-state index in [4.69, 9.17) is 32.4 Å². The third-order valence-electron chi connectivity index (χ3n) is 6.11. The Bertz CT molecular complexity index is 1940. The first-order chi connectivity index (χ1) is 19.9. The molecule has 0 amide bonds. The van der Waals surface area contributed by atoms with Gasteiger partial charge in [0, 0.05) is 28.8 Å². The maximum Gasteiger partial charge on any atom is 0.434 e. The lowest BCUT2D eigenvalue weighted by Gasteiger charge is -2.26. The third-order valence-corrected chi connectivity index (χ3v) is 7.66. The van der Waals surface area contributed by atoms with Gasteiger partial charge in [0.1, 0.15) is 11.5 Å². The van der Waals surface area contributed by atoms with E-state index in [2.05, 4.69) is 4.99 Å². The Morgan fingerprint density at radius 3 is 2.52 bits per heavy atom. The topological polar surface area (TPSA) is 117 Å². The first-order valence-corrected chi connectivity index (χ1v) is 13.6. The Labute approximate surface area is 247 Å². The van der Waals surface area contributed by atoms with Gasteiger partial charge >= 0.3 is 12.1 Å². The van der Waals surface area contributed by atoms with E-state index >= 15 is 0 Å². The first kappa shape index (κ1) is 29.3. The fourth-order valence-electron chi connectivity index (χ4n) is 4.32. The highest BCUT2D eigenvalue weighted by Crippen LogP contribution is 2.38. The van der Waals surface area contributed by atoms with E-state index in [-0.39, 0.29) is 43.7 Å². The van der Waals surface area contributed by atoms with Crippen LogP contribution in [-0.4, -0.2) is 28.2 Å². The van der Waals surface area contributed by atoms with Gasteiger partial charge in [-0.1, -0.05) is 46.7 Å². The number of nitrogens with zero attached hydrogens (tertiary/aromatic N) is 3. The number of fused-ring (bicyclic) bond motifs is 1. The van der Waals surface area contributed by atoms with Crippen molar-refractivity contribution in [2.75, 3.05) is 6.61 Å². The third kappa shape index (κ3) is 5.50. The molecule has 216 valence electrons. The van der Waals surface area contributed by atoms with Crippen LogP contribution in [0.4, 0.5) is 18.9 Å². The summed E-state index contributed by atoms with van der Waals surface area (Å²) >= 11 is 12.8. The Hall–Kier alpha value is -4.20. The van der Waals surface area contributed by atoms with Crippen LogP contribution in [0.5, 0.6) is 0 Å². The van der Waals surface area contributed by atoms with Gasteiger partial charge < -0.3 is 9.15 Å². The number of esters is 1. The van der Waals surface area contributed by atoms with Gasteiger partial charge in [-0.2, -0.15) is 13.2 Å². The molecular formula is C27H16Cl2F3N3O6S. The van der Waals surface area contributed by atoms with Gasteiger partial charge in [-0.3, -0.25) is 19.5 Å². The minimum absolute atomic E-state index is 0.0324. The predicted molar refractivity (Wildman–Crippen MR) is 148 cm³/mol. The average Bonchev–Trinajstić information content (AvgIpc) is 3.52. The summed E-state index contributed by atoms with van der Waals surface area (Å²) in [6.45, 7) is 1.24. The number of alkyl halides is 3. The Morgan fingerprint density at radius 1 is 1.19 bits per heavy atom. The molecule has 0 bridgehead atoms. The van der Waals surface area contributed by atoms with E-state index in [1.807, 2.05) is 0 Å². The van der Waals surface area contributed by atoms with Gasteiger partial charge in [-0.05, 0) is 42.8 Å². The van der Waals surface area contributed by atoms with Crippen molar-refractivity contribution in [1.82, 2.24) is 4.57 Å². The molecule has 1 aliphatic heterocycles. The fraction of sp³-hybridized carbons (Fsp3) is 0.148. The number of furan rings is 1. The highest BCUT2D eigenvalue weighted by Gasteiger charge is 2.45. The molecule has 0 fully saturated rings. The number of hydrogen-bond donors (Lipinski definition) is 0. The van der Waals surface area contributed by atoms with Crippen LogP contribution in [0, 0.1) is 10.1 Å². The van der Waals surface area contributed by atoms with Crippen molar-refractivity contribution in [3.63, 3.8) is 0 Å². The highest BCUT2D eigenvalue weighted by atomic mass is 35.5. The lowest BCUT2D eigenvalue weighted by atomic mass is 9.95. The first-order valence-electron chi connectivity index (χ1n) is 12.0. The molecule has 2 aromatic heterocycles. The smallest absolute Gasteiger partial charge is 0.434 e. The van der Waals surface area contributed by atoms with Gasteiger partial charge in [-0.15, -0.1) is 0 Å². The van der Waals surface area contributed by atoms with E-state index in [9.17, 15) is 32.9 Å². The van der Waals surface area contributed by atoms with E-state index < -0.39 is 39.9 Å². The molecule has 0 radical (unpaired) electrons. The SMILES string of the molecule is CCOC(=O)C1=C(C(F)(F)F)N=c2s/c(=C\c3ccc(-c4ccc([N+](=O)[O-])cc4Cl)o3)c(=O)n2[C@@H]1c1ccc(Cl)cc1. The summed E-state index contributed by atoms with van der Waals surface area (Å²) in [6, 6.07) is 11.0. The van der Waals surface area contributed by atoms with Gasteiger partial charge in [0.2, 0.25) is 0 Å². The zero-order valence-corrected chi connectivity index (χ0v) is 23.5. The highest BCUT2D eigenvalue weighted by molar-refractivity contribution is 7.07. The Kier molecular flexibility index (Phi) is 7.84. The van der Waals surface area contributed by atoms with E-state index in [0.717, 1.165) is 10.6 Å². The van der Waals surface area contributed by atoms with Crippen molar-refractivity contribution in [3.05, 3.63) is 117 Å². The average molecular weight is 638 g/mol. The van der Waals surface area contributed by atoms with Crippen molar-refractivity contribution < 1.29 is 32.0 Å². The molecule has 0 aliphatic carbocycles. The second-order valence-corrected chi connectivity index (χ2v) is 10.6. The van der Waals surface area contributed by atoms with Crippen molar-refractivity contribution in [3.8, 4) is 11.3 Å². The molecule has 1 atom stereocenters. The van der Waals surface area contributed by atoms with Crippen molar-refractivity contribution in [1.29, 1.82) is 0 Å². The van der Waals surface area contributed by atoms with Crippen LogP contribution >= 0.6 is 34.5 Å². The number of halogens is 5. The van der Waals surface area contributed by atoms with Crippen LogP contribution in [0.2, 0.25) is 10.0 Å². The molecule has 42 heavy (non-hydrogen) atoms. The largest absolute Gasteiger partial charge is 0.463 e. The number of non-ortho nitro benzene ring substituents is 1. The van der Waals surface area contributed by atoms with Crippen LogP contribution in [0.1, 0.15) is 24.3 Å². The maximum absolute atomic E-state index is 14.2. The van der Waals surface area contributed by atoms with Gasteiger partial charge in [0.25, 0.3) is 11.2 Å². The maximum atomic E-state index is 14.2. The van der Waals surface area contributed by atoms with Crippen LogP contribution in [0.15, 0.2) is 80.1 Å². The summed E-state index contributed by atoms with van der Waals surface area (Å²) in [6.07, 6.45) is -3.73. The number of rotatable bonds is 6. The zero-order valence-electron chi connectivity index (χ0n) is 21.1. The number of nitro benzene ring substituents is 1. The van der Waals surface area contributed by atoms with Crippen molar-refractivity contribution in [2.24, 2.45) is 4.99 Å². The molecule has 2 aromatic carbocycles. The number of thiazole rings is 1. The number of carbonyl (C=O) groups is 1. The minimum atomic E-state index is -5.04. The molecule has 0 unspecified atom stereocenters. The number of aromatic nitrogens is 1. The predicted octanol–water partition coefficient (Wildman–Crippen LogP) is 5.82. The summed E-state index contributed by atoms with van der Waals surface area (Å²) in [5.74, 6) is -0.885. The van der Waals surface area contributed by atoms with E-state index in [0.29, 0.717) is 21.9 Å². The zero-order chi connectivity index (χ0) is 30.3. The lowest BCUT2D eigenvalue weighted by Crippen LogP contribution is -2.41. The summed E-state index contributed by atoms with van der Waals surface area (Å²) < 4.78 is 54.4.